The van der Waals surface area contributed by atoms with Crippen LogP contribution >= 0.6 is 0 Å². The highest BCUT2D eigenvalue weighted by molar-refractivity contribution is 5.21. The Hall–Kier alpha value is -0.970. The van der Waals surface area contributed by atoms with Crippen LogP contribution in [0.3, 0.4) is 0 Å². The van der Waals surface area contributed by atoms with E-state index in [2.05, 4.69) is 30.8 Å². The van der Waals surface area contributed by atoms with Crippen molar-refractivity contribution in [2.45, 2.75) is 31.8 Å². The quantitative estimate of drug-likeness (QED) is 0.905. The van der Waals surface area contributed by atoms with Crippen molar-refractivity contribution >= 4 is 0 Å². The molecule has 2 unspecified atom stereocenters. The molecule has 2 rings (SSSR count). The van der Waals surface area contributed by atoms with Gasteiger partial charge in [0.15, 0.2) is 0 Å². The van der Waals surface area contributed by atoms with Gasteiger partial charge in [-0.05, 0) is 70.6 Å². The third kappa shape index (κ3) is 4.50. The average Bonchev–Trinajstić information content (AvgIpc) is 2.47. The minimum Gasteiger partial charge on any atom is -0.323 e. The monoisotopic (exact) mass is 293 g/mol. The summed E-state index contributed by atoms with van der Waals surface area (Å²) >= 11 is 0. The van der Waals surface area contributed by atoms with Crippen LogP contribution in [-0.2, 0) is 0 Å². The second-order valence-electron chi connectivity index (χ2n) is 6.56. The van der Waals surface area contributed by atoms with E-state index in [0.717, 1.165) is 24.6 Å². The summed E-state index contributed by atoms with van der Waals surface area (Å²) in [5.41, 5.74) is 7.38. The molecule has 3 nitrogen and oxygen atoms in total. The maximum absolute atomic E-state index is 13.0. The first-order valence-electron chi connectivity index (χ1n) is 7.87. The van der Waals surface area contributed by atoms with Gasteiger partial charge in [0.05, 0.1) is 0 Å². The summed E-state index contributed by atoms with van der Waals surface area (Å²) < 4.78 is 13.0. The third-order valence-electron chi connectivity index (χ3n) is 4.62. The number of hydrogen-bond donors (Lipinski definition) is 1. The van der Waals surface area contributed by atoms with Crippen molar-refractivity contribution in [1.29, 1.82) is 0 Å². The Balaban J connectivity index is 1.89. The van der Waals surface area contributed by atoms with Crippen molar-refractivity contribution in [3.63, 3.8) is 0 Å². The Kier molecular flexibility index (Phi) is 5.73. The summed E-state index contributed by atoms with van der Waals surface area (Å²) in [6.45, 7) is 5.57. The standard InChI is InChI=1S/C17H28FN3/c1-13(17(19)15-4-6-16(18)7-5-15)21-10-8-14(9-11-21)12-20(2)3/h4-7,13-14,17H,8-12,19H2,1-3H3. The molecule has 0 saturated carbocycles. The van der Waals surface area contributed by atoms with Crippen molar-refractivity contribution in [2.75, 3.05) is 33.7 Å². The Bertz CT molecular complexity index is 424. The molecule has 1 saturated heterocycles. The topological polar surface area (TPSA) is 32.5 Å². The zero-order valence-electron chi connectivity index (χ0n) is 13.4. The van der Waals surface area contributed by atoms with E-state index in [1.54, 1.807) is 12.1 Å². The molecule has 1 aliphatic heterocycles. The lowest BCUT2D eigenvalue weighted by Gasteiger charge is -2.39. The molecule has 1 aliphatic rings. The summed E-state index contributed by atoms with van der Waals surface area (Å²) in [4.78, 5) is 4.74. The highest BCUT2D eigenvalue weighted by Gasteiger charge is 2.26. The second kappa shape index (κ2) is 7.34. The normalized spacial score (nSPS) is 20.7. The number of rotatable bonds is 5. The maximum Gasteiger partial charge on any atom is 0.123 e. The lowest BCUT2D eigenvalue weighted by Crippen LogP contribution is -2.46. The molecule has 0 aromatic heterocycles. The Labute approximate surface area is 127 Å². The second-order valence-corrected chi connectivity index (χ2v) is 6.56. The number of nitrogens with zero attached hydrogens (tertiary/aromatic N) is 2. The SMILES string of the molecule is CC(C(N)c1ccc(F)cc1)N1CCC(CN(C)C)CC1. The number of nitrogens with two attached hydrogens (primary N) is 1. The van der Waals surface area contributed by atoms with Crippen molar-refractivity contribution in [1.82, 2.24) is 9.80 Å². The predicted molar refractivity (Wildman–Crippen MR) is 85.6 cm³/mol. The molecule has 4 heteroatoms. The molecule has 1 fully saturated rings. The first-order chi connectivity index (χ1) is 9.97. The van der Waals surface area contributed by atoms with Crippen LogP contribution in [0.1, 0.15) is 31.4 Å². The fourth-order valence-electron chi connectivity index (χ4n) is 3.25. The lowest BCUT2D eigenvalue weighted by atomic mass is 9.93. The van der Waals surface area contributed by atoms with E-state index in [-0.39, 0.29) is 17.9 Å². The average molecular weight is 293 g/mol. The Morgan fingerprint density at radius 1 is 1.24 bits per heavy atom. The summed E-state index contributed by atoms with van der Waals surface area (Å²) in [7, 11) is 4.28. The highest BCUT2D eigenvalue weighted by atomic mass is 19.1. The smallest absolute Gasteiger partial charge is 0.123 e. The first-order valence-corrected chi connectivity index (χ1v) is 7.87. The van der Waals surface area contributed by atoms with Gasteiger partial charge in [-0.1, -0.05) is 12.1 Å². The summed E-state index contributed by atoms with van der Waals surface area (Å²) in [6, 6.07) is 6.81. The molecule has 0 bridgehead atoms. The van der Waals surface area contributed by atoms with E-state index < -0.39 is 0 Å². The van der Waals surface area contributed by atoms with Crippen molar-refractivity contribution in [3.8, 4) is 0 Å². The van der Waals surface area contributed by atoms with Crippen molar-refractivity contribution in [3.05, 3.63) is 35.6 Å². The summed E-state index contributed by atoms with van der Waals surface area (Å²) in [5, 5.41) is 0. The van der Waals surface area contributed by atoms with Gasteiger partial charge in [-0.25, -0.2) is 4.39 Å². The molecule has 0 spiro atoms. The van der Waals surface area contributed by atoms with Gasteiger partial charge in [0, 0.05) is 18.6 Å². The van der Waals surface area contributed by atoms with E-state index in [9.17, 15) is 4.39 Å². The van der Waals surface area contributed by atoms with Crippen LogP contribution in [-0.4, -0.2) is 49.6 Å². The molecule has 118 valence electrons. The lowest BCUT2D eigenvalue weighted by molar-refractivity contribution is 0.114. The van der Waals surface area contributed by atoms with Gasteiger partial charge in [0.2, 0.25) is 0 Å². The third-order valence-corrected chi connectivity index (χ3v) is 4.62. The zero-order chi connectivity index (χ0) is 15.4. The molecule has 0 aliphatic carbocycles. The van der Waals surface area contributed by atoms with Crippen LogP contribution in [0, 0.1) is 11.7 Å². The number of halogens is 1. The number of likely N-dealkylation sites (tertiary alicyclic amines) is 1. The molecule has 1 heterocycles. The minimum absolute atomic E-state index is 0.0593. The molecule has 2 atom stereocenters. The van der Waals surface area contributed by atoms with Crippen molar-refractivity contribution < 1.29 is 4.39 Å². The van der Waals surface area contributed by atoms with Gasteiger partial charge in [0.1, 0.15) is 5.82 Å². The van der Waals surface area contributed by atoms with Gasteiger partial charge < -0.3 is 10.6 Å². The van der Waals surface area contributed by atoms with E-state index in [0.29, 0.717) is 0 Å². The molecule has 0 amide bonds. The van der Waals surface area contributed by atoms with E-state index in [1.807, 2.05) is 0 Å². The fraction of sp³-hybridized carbons (Fsp3) is 0.647. The molecule has 2 N–H and O–H groups in total. The van der Waals surface area contributed by atoms with Crippen LogP contribution in [0.2, 0.25) is 0 Å². The van der Waals surface area contributed by atoms with Gasteiger partial charge in [-0.15, -0.1) is 0 Å². The molecular weight excluding hydrogens is 265 g/mol. The van der Waals surface area contributed by atoms with Crippen LogP contribution < -0.4 is 5.73 Å². The van der Waals surface area contributed by atoms with Gasteiger partial charge in [-0.3, -0.25) is 4.90 Å². The summed E-state index contributed by atoms with van der Waals surface area (Å²) in [6.07, 6.45) is 2.47. The van der Waals surface area contributed by atoms with Gasteiger partial charge in [-0.2, -0.15) is 0 Å². The Morgan fingerprint density at radius 3 is 2.33 bits per heavy atom. The van der Waals surface area contributed by atoms with Gasteiger partial charge >= 0.3 is 0 Å². The number of benzene rings is 1. The van der Waals surface area contributed by atoms with Crippen LogP contribution in [0.15, 0.2) is 24.3 Å². The Morgan fingerprint density at radius 2 is 1.81 bits per heavy atom. The first kappa shape index (κ1) is 16.4. The number of hydrogen-bond acceptors (Lipinski definition) is 3. The van der Waals surface area contributed by atoms with E-state index in [1.165, 1.54) is 31.5 Å². The zero-order valence-corrected chi connectivity index (χ0v) is 13.4. The maximum atomic E-state index is 13.0. The van der Waals surface area contributed by atoms with Gasteiger partial charge in [0.25, 0.3) is 0 Å². The van der Waals surface area contributed by atoms with Crippen LogP contribution in [0.5, 0.6) is 0 Å². The molecule has 1 aromatic rings. The van der Waals surface area contributed by atoms with Crippen molar-refractivity contribution in [2.24, 2.45) is 11.7 Å². The minimum atomic E-state index is -0.205. The highest BCUT2D eigenvalue weighted by Crippen LogP contribution is 2.24. The molecule has 21 heavy (non-hydrogen) atoms. The largest absolute Gasteiger partial charge is 0.323 e. The van der Waals surface area contributed by atoms with Crippen LogP contribution in [0.25, 0.3) is 0 Å². The van der Waals surface area contributed by atoms with Crippen LogP contribution in [0.4, 0.5) is 4.39 Å². The van der Waals surface area contributed by atoms with E-state index in [4.69, 9.17) is 5.73 Å². The van der Waals surface area contributed by atoms with E-state index >= 15 is 0 Å². The molecule has 1 aromatic carbocycles. The molecule has 0 radical (unpaired) electrons. The molecular formula is C17H28FN3. The predicted octanol–water partition coefficient (Wildman–Crippen LogP) is 2.49. The fourth-order valence-corrected chi connectivity index (χ4v) is 3.25. The summed E-state index contributed by atoms with van der Waals surface area (Å²) in [5.74, 6) is 0.591. The number of piperidine rings is 1.